The van der Waals surface area contributed by atoms with Crippen molar-refractivity contribution < 1.29 is 9.21 Å². The number of nitrogens with one attached hydrogen (secondary N) is 2. The molecule has 0 radical (unpaired) electrons. The minimum Gasteiger partial charge on any atom is -0.436 e. The Bertz CT molecular complexity index is 1420. The van der Waals surface area contributed by atoms with Crippen LogP contribution in [0.2, 0.25) is 0 Å². The molecule has 8 heteroatoms. The van der Waals surface area contributed by atoms with Crippen LogP contribution in [0.4, 0.5) is 0 Å². The summed E-state index contributed by atoms with van der Waals surface area (Å²) in [4.78, 5) is 24.3. The van der Waals surface area contributed by atoms with E-state index in [0.29, 0.717) is 22.5 Å². The molecule has 5 rings (SSSR count). The van der Waals surface area contributed by atoms with Crippen molar-refractivity contribution in [2.24, 2.45) is 5.10 Å². The molecule has 2 N–H and O–H groups in total. The van der Waals surface area contributed by atoms with E-state index >= 15 is 0 Å². The van der Waals surface area contributed by atoms with Crippen molar-refractivity contribution in [1.29, 1.82) is 0 Å². The van der Waals surface area contributed by atoms with Crippen LogP contribution in [0.3, 0.4) is 0 Å². The van der Waals surface area contributed by atoms with Gasteiger partial charge >= 0.3 is 0 Å². The van der Waals surface area contributed by atoms with Crippen molar-refractivity contribution in [2.45, 2.75) is 0 Å². The van der Waals surface area contributed by atoms with Gasteiger partial charge in [-0.3, -0.25) is 9.78 Å². The van der Waals surface area contributed by atoms with Gasteiger partial charge in [-0.2, -0.15) is 0 Å². The van der Waals surface area contributed by atoms with Crippen LogP contribution < -0.4 is 11.0 Å². The van der Waals surface area contributed by atoms with Gasteiger partial charge in [-0.25, -0.2) is 10.4 Å². The van der Waals surface area contributed by atoms with E-state index in [1.165, 1.54) is 0 Å². The normalized spacial score (nSPS) is 11.8. The van der Waals surface area contributed by atoms with E-state index in [4.69, 9.17) is 4.42 Å². The lowest BCUT2D eigenvalue weighted by Crippen LogP contribution is -2.22. The molecule has 3 aromatic heterocycles. The standard InChI is InChI=1S/C22H14BrN5O2/c23-15-5-6-19-14(11-15)12-16(20-25-17-3-1-2-4-18(17)26-20)22(30-19)28-27-21(29)13-7-9-24-10-8-13/h1-12H,(H,25,26)(H,27,29)/b28-22-. The lowest BCUT2D eigenvalue weighted by molar-refractivity contribution is 0.0951. The quantitative estimate of drug-likeness (QED) is 0.391. The molecule has 2 aromatic carbocycles. The van der Waals surface area contributed by atoms with Crippen molar-refractivity contribution in [2.75, 3.05) is 0 Å². The monoisotopic (exact) mass is 459 g/mol. The third-order valence-corrected chi connectivity index (χ3v) is 5.05. The van der Waals surface area contributed by atoms with Gasteiger partial charge in [0.25, 0.3) is 5.91 Å². The van der Waals surface area contributed by atoms with E-state index in [2.05, 4.69) is 41.4 Å². The number of hydrogen-bond donors (Lipinski definition) is 2. The SMILES string of the molecule is O=C(N/N=c1\oc2ccc(Br)cc2cc1-c1nc2ccccc2[nH]1)c1ccncc1. The number of fused-ring (bicyclic) bond motifs is 2. The number of benzene rings is 2. The summed E-state index contributed by atoms with van der Waals surface area (Å²) in [5.74, 6) is 0.234. The molecule has 146 valence electrons. The molecule has 0 unspecified atom stereocenters. The smallest absolute Gasteiger partial charge is 0.271 e. The molecule has 0 saturated carbocycles. The zero-order valence-corrected chi connectivity index (χ0v) is 17.1. The molecule has 30 heavy (non-hydrogen) atoms. The van der Waals surface area contributed by atoms with E-state index < -0.39 is 0 Å². The molecule has 3 heterocycles. The highest BCUT2D eigenvalue weighted by Gasteiger charge is 2.12. The van der Waals surface area contributed by atoms with Gasteiger partial charge in [0, 0.05) is 27.8 Å². The highest BCUT2D eigenvalue weighted by atomic mass is 79.9. The van der Waals surface area contributed by atoms with Gasteiger partial charge < -0.3 is 9.40 Å². The van der Waals surface area contributed by atoms with Crippen LogP contribution in [-0.2, 0) is 0 Å². The molecule has 0 bridgehead atoms. The maximum atomic E-state index is 12.4. The Morgan fingerprint density at radius 2 is 1.90 bits per heavy atom. The first kappa shape index (κ1) is 18.3. The second kappa shape index (κ2) is 7.57. The first-order valence-corrected chi connectivity index (χ1v) is 9.89. The number of rotatable bonds is 3. The summed E-state index contributed by atoms with van der Waals surface area (Å²) < 4.78 is 6.94. The average molecular weight is 460 g/mol. The summed E-state index contributed by atoms with van der Waals surface area (Å²) in [6.45, 7) is 0. The Hall–Kier alpha value is -3.78. The highest BCUT2D eigenvalue weighted by Crippen LogP contribution is 2.24. The average Bonchev–Trinajstić information content (AvgIpc) is 3.21. The fourth-order valence-electron chi connectivity index (χ4n) is 3.10. The van der Waals surface area contributed by atoms with Crippen LogP contribution in [0.15, 0.2) is 87.0 Å². The number of aromatic nitrogens is 3. The predicted molar refractivity (Wildman–Crippen MR) is 116 cm³/mol. The van der Waals surface area contributed by atoms with Crippen molar-refractivity contribution >= 4 is 43.8 Å². The molecule has 5 aromatic rings. The molecule has 0 atom stereocenters. The first-order valence-electron chi connectivity index (χ1n) is 9.10. The molecule has 1 amide bonds. The minimum absolute atomic E-state index is 0.242. The number of H-pyrrole nitrogens is 1. The van der Waals surface area contributed by atoms with Crippen LogP contribution in [0.25, 0.3) is 33.4 Å². The topological polar surface area (TPSA) is 96.2 Å². The Morgan fingerprint density at radius 1 is 1.07 bits per heavy atom. The van der Waals surface area contributed by atoms with Gasteiger partial charge in [0.1, 0.15) is 11.4 Å². The minimum atomic E-state index is -0.362. The van der Waals surface area contributed by atoms with Crippen LogP contribution in [0.5, 0.6) is 0 Å². The molecular formula is C22H14BrN5O2. The number of pyridine rings is 1. The lowest BCUT2D eigenvalue weighted by Gasteiger charge is -2.04. The molecule has 0 aliphatic carbocycles. The first-order chi connectivity index (χ1) is 14.7. The number of halogens is 1. The van der Waals surface area contributed by atoms with Crippen molar-refractivity contribution in [3.63, 3.8) is 0 Å². The van der Waals surface area contributed by atoms with E-state index in [0.717, 1.165) is 20.9 Å². The number of nitrogens with zero attached hydrogens (tertiary/aromatic N) is 3. The van der Waals surface area contributed by atoms with Gasteiger partial charge in [0.2, 0.25) is 5.55 Å². The zero-order valence-electron chi connectivity index (χ0n) is 15.5. The van der Waals surface area contributed by atoms with Crippen molar-refractivity contribution in [1.82, 2.24) is 20.4 Å². The third-order valence-electron chi connectivity index (χ3n) is 4.55. The molecule has 0 aliphatic heterocycles. The zero-order chi connectivity index (χ0) is 20.5. The van der Waals surface area contributed by atoms with Gasteiger partial charge in [-0.15, -0.1) is 5.10 Å². The molecule has 0 spiro atoms. The molecule has 0 saturated heterocycles. The van der Waals surface area contributed by atoms with Crippen LogP contribution in [0.1, 0.15) is 10.4 Å². The Kier molecular flexibility index (Phi) is 4.61. The fourth-order valence-corrected chi connectivity index (χ4v) is 3.48. The second-order valence-electron chi connectivity index (χ2n) is 6.54. The van der Waals surface area contributed by atoms with E-state index in [-0.39, 0.29) is 11.5 Å². The van der Waals surface area contributed by atoms with Gasteiger partial charge in [0.15, 0.2) is 0 Å². The summed E-state index contributed by atoms with van der Waals surface area (Å²) in [6.07, 6.45) is 3.10. The Balaban J connectivity index is 1.66. The summed E-state index contributed by atoms with van der Waals surface area (Å²) in [7, 11) is 0. The van der Waals surface area contributed by atoms with E-state index in [9.17, 15) is 4.79 Å². The van der Waals surface area contributed by atoms with Crippen LogP contribution >= 0.6 is 15.9 Å². The number of carbonyl (C=O) groups is 1. The largest absolute Gasteiger partial charge is 0.436 e. The molecule has 7 nitrogen and oxygen atoms in total. The van der Waals surface area contributed by atoms with E-state index in [1.54, 1.807) is 24.5 Å². The summed E-state index contributed by atoms with van der Waals surface area (Å²) in [6, 6.07) is 18.6. The second-order valence-corrected chi connectivity index (χ2v) is 7.45. The third kappa shape index (κ3) is 3.48. The highest BCUT2D eigenvalue weighted by molar-refractivity contribution is 9.10. The molecular weight excluding hydrogens is 446 g/mol. The van der Waals surface area contributed by atoms with Gasteiger partial charge in [0.05, 0.1) is 16.6 Å². The maximum absolute atomic E-state index is 12.4. The van der Waals surface area contributed by atoms with E-state index in [1.807, 2.05) is 48.5 Å². The predicted octanol–water partition coefficient (Wildman–Crippen LogP) is 4.38. The summed E-state index contributed by atoms with van der Waals surface area (Å²) >= 11 is 3.48. The van der Waals surface area contributed by atoms with Crippen molar-refractivity contribution in [3.05, 3.63) is 88.6 Å². The number of carbonyl (C=O) groups excluding carboxylic acids is 1. The van der Waals surface area contributed by atoms with Crippen LogP contribution in [0, 0.1) is 0 Å². The number of hydrogen-bond acceptors (Lipinski definition) is 5. The van der Waals surface area contributed by atoms with Gasteiger partial charge in [-0.05, 0) is 48.5 Å². The van der Waals surface area contributed by atoms with Crippen LogP contribution in [-0.4, -0.2) is 20.9 Å². The summed E-state index contributed by atoms with van der Waals surface area (Å²) in [5, 5.41) is 5.12. The van der Waals surface area contributed by atoms with Crippen molar-refractivity contribution in [3.8, 4) is 11.4 Å². The Morgan fingerprint density at radius 3 is 2.73 bits per heavy atom. The Labute approximate surface area is 178 Å². The summed E-state index contributed by atoms with van der Waals surface area (Å²) in [5.41, 5.74) is 6.23. The number of para-hydroxylation sites is 2. The maximum Gasteiger partial charge on any atom is 0.271 e. The number of amides is 1. The fraction of sp³-hybridized carbons (Fsp3) is 0. The number of aromatic amines is 1. The van der Waals surface area contributed by atoms with Gasteiger partial charge in [-0.1, -0.05) is 28.1 Å². The lowest BCUT2D eigenvalue weighted by atomic mass is 10.2. The molecule has 0 fully saturated rings. The molecule has 0 aliphatic rings. The number of imidazole rings is 1.